The van der Waals surface area contributed by atoms with Crippen LogP contribution < -0.4 is 0 Å². The molecule has 2 aliphatic rings. The lowest BCUT2D eigenvalue weighted by Crippen LogP contribution is -2.50. The van der Waals surface area contributed by atoms with E-state index < -0.39 is 10.0 Å². The lowest BCUT2D eigenvalue weighted by Gasteiger charge is -2.34. The molecule has 0 radical (unpaired) electrons. The molecule has 2 heterocycles. The predicted molar refractivity (Wildman–Crippen MR) is 121 cm³/mol. The van der Waals surface area contributed by atoms with Gasteiger partial charge in [0.05, 0.1) is 9.77 Å². The topological polar surface area (TPSA) is 74.8 Å². The summed E-state index contributed by atoms with van der Waals surface area (Å²) in [4.78, 5) is 28.6. The van der Waals surface area contributed by atoms with Gasteiger partial charge in [0, 0.05) is 43.9 Å². The van der Waals surface area contributed by atoms with Gasteiger partial charge in [-0.2, -0.15) is 4.31 Å². The van der Waals surface area contributed by atoms with Crippen molar-refractivity contribution in [3.8, 4) is 0 Å². The highest BCUT2D eigenvalue weighted by molar-refractivity contribution is 7.89. The number of amides is 1. The first kappa shape index (κ1) is 22.2. The van der Waals surface area contributed by atoms with Crippen molar-refractivity contribution in [3.63, 3.8) is 0 Å². The second-order valence-electron chi connectivity index (χ2n) is 8.26. The summed E-state index contributed by atoms with van der Waals surface area (Å²) in [6.45, 7) is 3.22. The molecule has 0 saturated carbocycles. The smallest absolute Gasteiger partial charge is 0.243 e. The number of thiophene rings is 1. The summed E-state index contributed by atoms with van der Waals surface area (Å²) in [7, 11) is -3.56. The number of hydrogen-bond donors (Lipinski definition) is 0. The van der Waals surface area contributed by atoms with Crippen molar-refractivity contribution in [1.82, 2.24) is 9.21 Å². The number of benzene rings is 1. The Bertz CT molecular complexity index is 1080. The molecule has 1 amide bonds. The highest BCUT2D eigenvalue weighted by Gasteiger charge is 2.30. The SMILES string of the molecule is Cc1ccc(C(=O)CCC(=O)N2CCN(S(=O)(=O)c3ccc4c(c3)CCCC4)CC2)s1. The Morgan fingerprint density at radius 1 is 0.935 bits per heavy atom. The zero-order valence-corrected chi connectivity index (χ0v) is 19.4. The van der Waals surface area contributed by atoms with Gasteiger partial charge in [0.1, 0.15) is 0 Å². The van der Waals surface area contributed by atoms with Crippen molar-refractivity contribution in [1.29, 1.82) is 0 Å². The van der Waals surface area contributed by atoms with E-state index in [1.165, 1.54) is 21.2 Å². The van der Waals surface area contributed by atoms with E-state index in [4.69, 9.17) is 0 Å². The molecule has 0 atom stereocenters. The third-order valence-electron chi connectivity index (χ3n) is 6.13. The van der Waals surface area contributed by atoms with Crippen LogP contribution in [0.3, 0.4) is 0 Å². The zero-order chi connectivity index (χ0) is 22.0. The van der Waals surface area contributed by atoms with Crippen LogP contribution in [0.5, 0.6) is 0 Å². The largest absolute Gasteiger partial charge is 0.340 e. The number of Topliss-reactive ketones (excluding diaryl/α,β-unsaturated/α-hetero) is 1. The van der Waals surface area contributed by atoms with Gasteiger partial charge in [-0.3, -0.25) is 9.59 Å². The maximum atomic E-state index is 13.1. The minimum atomic E-state index is -3.56. The summed E-state index contributed by atoms with van der Waals surface area (Å²) >= 11 is 1.44. The molecule has 31 heavy (non-hydrogen) atoms. The fourth-order valence-corrected chi connectivity index (χ4v) is 6.59. The van der Waals surface area contributed by atoms with E-state index in [9.17, 15) is 18.0 Å². The number of carbonyl (C=O) groups excluding carboxylic acids is 2. The monoisotopic (exact) mass is 460 g/mol. The minimum Gasteiger partial charge on any atom is -0.340 e. The average Bonchev–Trinajstić information content (AvgIpc) is 3.23. The summed E-state index contributed by atoms with van der Waals surface area (Å²) in [6.07, 6.45) is 4.56. The molecule has 4 rings (SSSR count). The van der Waals surface area contributed by atoms with Crippen LogP contribution in [0, 0.1) is 6.92 Å². The Morgan fingerprint density at radius 2 is 1.65 bits per heavy atom. The van der Waals surface area contributed by atoms with E-state index >= 15 is 0 Å². The number of hydrogen-bond acceptors (Lipinski definition) is 5. The van der Waals surface area contributed by atoms with Gasteiger partial charge >= 0.3 is 0 Å². The normalized spacial score (nSPS) is 17.4. The predicted octanol–water partition coefficient (Wildman–Crippen LogP) is 3.43. The average molecular weight is 461 g/mol. The number of rotatable bonds is 6. The lowest BCUT2D eigenvalue weighted by atomic mass is 9.92. The molecule has 6 nitrogen and oxygen atoms in total. The van der Waals surface area contributed by atoms with Crippen molar-refractivity contribution in [2.24, 2.45) is 0 Å². The van der Waals surface area contributed by atoms with Crippen molar-refractivity contribution in [3.05, 3.63) is 51.2 Å². The fourth-order valence-electron chi connectivity index (χ4n) is 4.28. The zero-order valence-electron chi connectivity index (χ0n) is 17.8. The van der Waals surface area contributed by atoms with Gasteiger partial charge in [0.15, 0.2) is 5.78 Å². The van der Waals surface area contributed by atoms with Crippen molar-refractivity contribution in [2.45, 2.75) is 50.3 Å². The van der Waals surface area contributed by atoms with E-state index in [0.717, 1.165) is 36.1 Å². The molecule has 0 bridgehead atoms. The first-order chi connectivity index (χ1) is 14.8. The summed E-state index contributed by atoms with van der Waals surface area (Å²) in [5.74, 6) is -0.104. The van der Waals surface area contributed by atoms with Crippen LogP contribution in [0.15, 0.2) is 35.2 Å². The van der Waals surface area contributed by atoms with Gasteiger partial charge in [-0.25, -0.2) is 8.42 Å². The number of nitrogens with zero attached hydrogens (tertiary/aromatic N) is 2. The van der Waals surface area contributed by atoms with Crippen LogP contribution in [-0.4, -0.2) is 55.5 Å². The fraction of sp³-hybridized carbons (Fsp3) is 0.478. The molecule has 1 fully saturated rings. The first-order valence-electron chi connectivity index (χ1n) is 10.8. The van der Waals surface area contributed by atoms with Crippen molar-refractivity contribution >= 4 is 33.1 Å². The molecule has 0 spiro atoms. The van der Waals surface area contributed by atoms with E-state index in [1.807, 2.05) is 25.1 Å². The van der Waals surface area contributed by atoms with E-state index in [-0.39, 0.29) is 37.6 Å². The second-order valence-corrected chi connectivity index (χ2v) is 11.5. The van der Waals surface area contributed by atoms with Crippen LogP contribution in [-0.2, 0) is 27.7 Å². The molecule has 1 aromatic heterocycles. The summed E-state index contributed by atoms with van der Waals surface area (Å²) < 4.78 is 27.7. The second kappa shape index (κ2) is 9.22. The summed E-state index contributed by atoms with van der Waals surface area (Å²) in [5, 5.41) is 0. The van der Waals surface area contributed by atoms with Gasteiger partial charge in [0.2, 0.25) is 15.9 Å². The molecular formula is C23H28N2O4S2. The minimum absolute atomic E-state index is 0.0138. The highest BCUT2D eigenvalue weighted by Crippen LogP contribution is 2.26. The summed E-state index contributed by atoms with van der Waals surface area (Å²) in [6, 6.07) is 9.21. The number of piperazine rings is 1. The van der Waals surface area contributed by atoms with Gasteiger partial charge in [-0.15, -0.1) is 11.3 Å². The molecular weight excluding hydrogens is 432 g/mol. The van der Waals surface area contributed by atoms with Gasteiger partial charge in [0.25, 0.3) is 0 Å². The molecule has 8 heteroatoms. The Labute approximate surface area is 187 Å². The summed E-state index contributed by atoms with van der Waals surface area (Å²) in [5.41, 5.74) is 2.40. The van der Waals surface area contributed by atoms with Crippen molar-refractivity contribution in [2.75, 3.05) is 26.2 Å². The molecule has 1 aliphatic carbocycles. The van der Waals surface area contributed by atoms with Crippen LogP contribution in [0.2, 0.25) is 0 Å². The molecule has 2 aromatic rings. The molecule has 1 aromatic carbocycles. The Morgan fingerprint density at radius 3 is 2.32 bits per heavy atom. The quantitative estimate of drug-likeness (QED) is 0.619. The maximum absolute atomic E-state index is 13.1. The molecule has 1 aliphatic heterocycles. The Kier molecular flexibility index (Phi) is 6.60. The van der Waals surface area contributed by atoms with E-state index in [1.54, 1.807) is 17.0 Å². The van der Waals surface area contributed by atoms with Gasteiger partial charge in [-0.05, 0) is 68.0 Å². The Balaban J connectivity index is 1.32. The van der Waals surface area contributed by atoms with E-state index in [0.29, 0.717) is 22.9 Å². The molecule has 1 saturated heterocycles. The van der Waals surface area contributed by atoms with Crippen LogP contribution in [0.4, 0.5) is 0 Å². The van der Waals surface area contributed by atoms with Gasteiger partial charge < -0.3 is 4.90 Å². The first-order valence-corrected chi connectivity index (χ1v) is 13.1. The van der Waals surface area contributed by atoms with Crippen LogP contribution in [0.1, 0.15) is 51.4 Å². The van der Waals surface area contributed by atoms with Crippen LogP contribution >= 0.6 is 11.3 Å². The van der Waals surface area contributed by atoms with Gasteiger partial charge in [-0.1, -0.05) is 6.07 Å². The standard InChI is InChI=1S/C23H28N2O4S2/c1-17-6-10-22(30-17)21(26)9-11-23(27)24-12-14-25(15-13-24)31(28,29)20-8-7-18-4-2-3-5-19(18)16-20/h6-8,10,16H,2-5,9,11-15H2,1H3. The maximum Gasteiger partial charge on any atom is 0.243 e. The number of fused-ring (bicyclic) bond motifs is 1. The third kappa shape index (κ3) is 4.91. The molecule has 0 unspecified atom stereocenters. The molecule has 0 N–H and O–H groups in total. The molecule has 166 valence electrons. The number of aryl methyl sites for hydroxylation is 3. The number of ketones is 1. The van der Waals surface area contributed by atoms with Crippen molar-refractivity contribution < 1.29 is 18.0 Å². The Hall–Kier alpha value is -2.03. The third-order valence-corrected chi connectivity index (χ3v) is 9.07. The highest BCUT2D eigenvalue weighted by atomic mass is 32.2. The number of sulfonamides is 1. The van der Waals surface area contributed by atoms with E-state index in [2.05, 4.69) is 0 Å². The lowest BCUT2D eigenvalue weighted by molar-refractivity contribution is -0.132. The number of carbonyl (C=O) groups is 2. The van der Waals surface area contributed by atoms with Crippen LogP contribution in [0.25, 0.3) is 0 Å².